The standard InChI is InChI=1S/C17H19F3N4O3/c1-8-6-24(15(25)11-5-10(21-22-11)9-3-4-9)7-12-13(8)14(23-27-12)16(2,26)17(18,19)20/h5,8-9,26H,3-4,6-7H2,1-2H3,(H,21,22). The highest BCUT2D eigenvalue weighted by Gasteiger charge is 2.55. The van der Waals surface area contributed by atoms with Crippen LogP contribution in [-0.4, -0.2) is 44.0 Å². The van der Waals surface area contributed by atoms with Crippen molar-refractivity contribution in [1.82, 2.24) is 20.3 Å². The van der Waals surface area contributed by atoms with Gasteiger partial charge in [0.2, 0.25) is 5.60 Å². The predicted molar refractivity (Wildman–Crippen MR) is 85.8 cm³/mol. The Hall–Kier alpha value is -2.36. The number of aromatic nitrogens is 3. The maximum absolute atomic E-state index is 13.2. The molecular formula is C17H19F3N4O3. The van der Waals surface area contributed by atoms with Crippen molar-refractivity contribution in [2.45, 2.75) is 56.8 Å². The van der Waals surface area contributed by atoms with E-state index in [9.17, 15) is 23.1 Å². The summed E-state index contributed by atoms with van der Waals surface area (Å²) in [6.45, 7) is 2.50. The van der Waals surface area contributed by atoms with Gasteiger partial charge in [-0.05, 0) is 25.8 Å². The molecule has 1 amide bonds. The fourth-order valence-electron chi connectivity index (χ4n) is 3.46. The summed E-state index contributed by atoms with van der Waals surface area (Å²) in [5.41, 5.74) is -2.25. The Bertz CT molecular complexity index is 882. The first kappa shape index (κ1) is 18.0. The largest absolute Gasteiger partial charge is 0.422 e. The van der Waals surface area contributed by atoms with Gasteiger partial charge in [0, 0.05) is 23.9 Å². The Morgan fingerprint density at radius 2 is 2.11 bits per heavy atom. The molecule has 27 heavy (non-hydrogen) atoms. The van der Waals surface area contributed by atoms with Crippen LogP contribution < -0.4 is 0 Å². The zero-order chi connectivity index (χ0) is 19.6. The minimum atomic E-state index is -4.89. The molecule has 10 heteroatoms. The van der Waals surface area contributed by atoms with Crippen LogP contribution in [0.3, 0.4) is 0 Å². The average molecular weight is 384 g/mol. The second kappa shape index (κ2) is 5.82. The molecule has 1 aliphatic carbocycles. The second-order valence-electron chi connectivity index (χ2n) is 7.51. The van der Waals surface area contributed by atoms with Crippen LogP contribution in [0, 0.1) is 0 Å². The second-order valence-corrected chi connectivity index (χ2v) is 7.51. The van der Waals surface area contributed by atoms with Crippen LogP contribution >= 0.6 is 0 Å². The van der Waals surface area contributed by atoms with Gasteiger partial charge in [-0.25, -0.2) is 0 Å². The number of fused-ring (bicyclic) bond motifs is 1. The van der Waals surface area contributed by atoms with Crippen molar-refractivity contribution in [2.75, 3.05) is 6.54 Å². The Kier molecular flexibility index (Phi) is 3.88. The number of rotatable bonds is 3. The summed E-state index contributed by atoms with van der Waals surface area (Å²) >= 11 is 0. The summed E-state index contributed by atoms with van der Waals surface area (Å²) in [5, 5.41) is 20.3. The van der Waals surface area contributed by atoms with E-state index < -0.39 is 23.4 Å². The molecule has 0 saturated heterocycles. The maximum Gasteiger partial charge on any atom is 0.422 e. The lowest BCUT2D eigenvalue weighted by Gasteiger charge is -2.32. The van der Waals surface area contributed by atoms with E-state index in [0.29, 0.717) is 18.5 Å². The van der Waals surface area contributed by atoms with Crippen LogP contribution in [0.4, 0.5) is 13.2 Å². The molecule has 2 N–H and O–H groups in total. The van der Waals surface area contributed by atoms with Crippen molar-refractivity contribution in [3.8, 4) is 0 Å². The topological polar surface area (TPSA) is 95.3 Å². The van der Waals surface area contributed by atoms with Crippen molar-refractivity contribution in [1.29, 1.82) is 0 Å². The molecule has 2 aromatic heterocycles. The molecule has 1 fully saturated rings. The summed E-state index contributed by atoms with van der Waals surface area (Å²) < 4.78 is 44.6. The Morgan fingerprint density at radius 1 is 1.41 bits per heavy atom. The van der Waals surface area contributed by atoms with Gasteiger partial charge < -0.3 is 14.5 Å². The van der Waals surface area contributed by atoms with E-state index in [2.05, 4.69) is 15.4 Å². The van der Waals surface area contributed by atoms with Crippen LogP contribution in [0.15, 0.2) is 10.6 Å². The Balaban J connectivity index is 1.59. The molecule has 0 aromatic carbocycles. The number of nitrogens with zero attached hydrogens (tertiary/aromatic N) is 3. The lowest BCUT2D eigenvalue weighted by Crippen LogP contribution is -2.42. The molecule has 7 nitrogen and oxygen atoms in total. The first-order chi connectivity index (χ1) is 12.6. The first-order valence-electron chi connectivity index (χ1n) is 8.72. The van der Waals surface area contributed by atoms with Crippen molar-refractivity contribution < 1.29 is 27.6 Å². The fourth-order valence-corrected chi connectivity index (χ4v) is 3.46. The molecule has 2 aliphatic rings. The van der Waals surface area contributed by atoms with E-state index in [-0.39, 0.29) is 30.3 Å². The zero-order valence-corrected chi connectivity index (χ0v) is 14.8. The lowest BCUT2D eigenvalue weighted by molar-refractivity contribution is -0.261. The van der Waals surface area contributed by atoms with Gasteiger partial charge in [-0.3, -0.25) is 9.89 Å². The summed E-state index contributed by atoms with van der Waals surface area (Å²) in [4.78, 5) is 14.2. The quantitative estimate of drug-likeness (QED) is 0.849. The van der Waals surface area contributed by atoms with Crippen LogP contribution in [-0.2, 0) is 12.1 Å². The number of alkyl halides is 3. The van der Waals surface area contributed by atoms with Gasteiger partial charge in [0.05, 0.1) is 12.2 Å². The molecular weight excluding hydrogens is 365 g/mol. The predicted octanol–water partition coefficient (Wildman–Crippen LogP) is 2.80. The third kappa shape index (κ3) is 2.91. The number of aliphatic hydroxyl groups is 1. The lowest BCUT2D eigenvalue weighted by atomic mass is 9.87. The number of halogens is 3. The Labute approximate surface area is 152 Å². The van der Waals surface area contributed by atoms with Crippen molar-refractivity contribution >= 4 is 5.91 Å². The van der Waals surface area contributed by atoms with Crippen LogP contribution in [0.5, 0.6) is 0 Å². The summed E-state index contributed by atoms with van der Waals surface area (Å²) in [6.07, 6.45) is -2.77. The number of hydrogen-bond acceptors (Lipinski definition) is 5. The molecule has 1 saturated carbocycles. The number of amides is 1. The van der Waals surface area contributed by atoms with E-state index in [1.807, 2.05) is 0 Å². The number of H-pyrrole nitrogens is 1. The molecule has 3 heterocycles. The number of nitrogens with one attached hydrogen (secondary N) is 1. The van der Waals surface area contributed by atoms with Crippen LogP contribution in [0.25, 0.3) is 0 Å². The van der Waals surface area contributed by atoms with Gasteiger partial charge in [-0.1, -0.05) is 12.1 Å². The monoisotopic (exact) mass is 384 g/mol. The highest BCUT2D eigenvalue weighted by atomic mass is 19.4. The first-order valence-corrected chi connectivity index (χ1v) is 8.72. The van der Waals surface area contributed by atoms with Crippen molar-refractivity contribution in [2.24, 2.45) is 0 Å². The molecule has 0 spiro atoms. The number of aromatic amines is 1. The third-order valence-corrected chi connectivity index (χ3v) is 5.25. The normalized spacial score (nSPS) is 22.4. The molecule has 0 bridgehead atoms. The summed E-state index contributed by atoms with van der Waals surface area (Å²) in [7, 11) is 0. The van der Waals surface area contributed by atoms with E-state index in [4.69, 9.17) is 4.52 Å². The number of carbonyl (C=O) groups is 1. The molecule has 4 rings (SSSR count). The van der Waals surface area contributed by atoms with Crippen LogP contribution in [0.1, 0.15) is 71.7 Å². The maximum atomic E-state index is 13.2. The average Bonchev–Trinajstić information content (AvgIpc) is 3.15. The minimum absolute atomic E-state index is 0.0166. The molecule has 2 aromatic rings. The number of hydrogen-bond donors (Lipinski definition) is 2. The van der Waals surface area contributed by atoms with Gasteiger partial charge in [0.15, 0.2) is 5.76 Å². The van der Waals surface area contributed by atoms with E-state index in [0.717, 1.165) is 18.5 Å². The highest BCUT2D eigenvalue weighted by molar-refractivity contribution is 5.92. The summed E-state index contributed by atoms with van der Waals surface area (Å²) in [5.74, 6) is -0.217. The molecule has 2 atom stereocenters. The van der Waals surface area contributed by atoms with Gasteiger partial charge in [-0.15, -0.1) is 0 Å². The van der Waals surface area contributed by atoms with Crippen molar-refractivity contribution in [3.05, 3.63) is 34.5 Å². The SMILES string of the molecule is CC1CN(C(=O)c2cc(C3CC3)n[nH]2)Cc2onc(C(C)(O)C(F)(F)F)c21. The van der Waals surface area contributed by atoms with Gasteiger partial charge in [0.1, 0.15) is 11.4 Å². The third-order valence-electron chi connectivity index (χ3n) is 5.25. The van der Waals surface area contributed by atoms with E-state index in [1.54, 1.807) is 13.0 Å². The van der Waals surface area contributed by atoms with Gasteiger partial charge >= 0.3 is 6.18 Å². The van der Waals surface area contributed by atoms with Crippen LogP contribution in [0.2, 0.25) is 0 Å². The highest BCUT2D eigenvalue weighted by Crippen LogP contribution is 2.44. The smallest absolute Gasteiger partial charge is 0.375 e. The van der Waals surface area contributed by atoms with Gasteiger partial charge in [0.25, 0.3) is 5.91 Å². The molecule has 1 aliphatic heterocycles. The number of carbonyl (C=O) groups excluding carboxylic acids is 1. The van der Waals surface area contributed by atoms with Crippen molar-refractivity contribution in [3.63, 3.8) is 0 Å². The minimum Gasteiger partial charge on any atom is -0.375 e. The molecule has 0 radical (unpaired) electrons. The fraction of sp³-hybridized carbons (Fsp3) is 0.588. The Morgan fingerprint density at radius 3 is 2.74 bits per heavy atom. The van der Waals surface area contributed by atoms with Gasteiger partial charge in [-0.2, -0.15) is 18.3 Å². The molecule has 2 unspecified atom stereocenters. The molecule has 146 valence electrons. The van der Waals surface area contributed by atoms with E-state index >= 15 is 0 Å². The zero-order valence-electron chi connectivity index (χ0n) is 14.8. The summed E-state index contributed by atoms with van der Waals surface area (Å²) in [6, 6.07) is 1.72. The van der Waals surface area contributed by atoms with E-state index in [1.165, 1.54) is 4.90 Å².